The lowest BCUT2D eigenvalue weighted by Crippen LogP contribution is -2.57. The lowest BCUT2D eigenvalue weighted by Gasteiger charge is -2.51. The van der Waals surface area contributed by atoms with Crippen molar-refractivity contribution in [1.29, 1.82) is 0 Å². The molecule has 0 aromatic heterocycles. The smallest absolute Gasteiger partial charge is 0.223 e. The van der Waals surface area contributed by atoms with E-state index >= 15 is 0 Å². The van der Waals surface area contributed by atoms with E-state index in [1.54, 1.807) is 0 Å². The van der Waals surface area contributed by atoms with Gasteiger partial charge in [-0.15, -0.1) is 0 Å². The molecule has 0 aromatic rings. The zero-order valence-electron chi connectivity index (χ0n) is 22.0. The number of rotatable bonds is 9. The van der Waals surface area contributed by atoms with E-state index < -0.39 is 5.60 Å². The van der Waals surface area contributed by atoms with Gasteiger partial charge in [-0.1, -0.05) is 71.4 Å². The van der Waals surface area contributed by atoms with E-state index in [-0.39, 0.29) is 23.3 Å². The number of allylic oxidation sites excluding steroid dienone is 3. The third-order valence-electron chi connectivity index (χ3n) is 7.83. The standard InChI is InChI=1S/C28H47ClN2O2/c1-8-24(29)14-12-22(5)28(33)15-17-31(19-27(28,6)7)16-9-10-25(20(2)3)30-26(32)23-13-11-21(4)18-23/h9-10,12,14,20-21,23,25,33H,8,11,13,15-19H2,1-7H3,(H,30,32)/b10-9+,22-12+,24-14+/t21?,23-,25+,28-/m1/s1. The van der Waals surface area contributed by atoms with Crippen LogP contribution in [0.25, 0.3) is 0 Å². The second kappa shape index (κ2) is 12.0. The fourth-order valence-corrected chi connectivity index (χ4v) is 5.37. The summed E-state index contributed by atoms with van der Waals surface area (Å²) in [6, 6.07) is 0.0587. The molecule has 2 fully saturated rings. The van der Waals surface area contributed by atoms with Gasteiger partial charge in [0.2, 0.25) is 5.91 Å². The maximum atomic E-state index is 12.7. The van der Waals surface area contributed by atoms with Crippen LogP contribution in [0.4, 0.5) is 0 Å². The summed E-state index contributed by atoms with van der Waals surface area (Å²) in [7, 11) is 0. The lowest BCUT2D eigenvalue weighted by molar-refractivity contribution is -0.125. The van der Waals surface area contributed by atoms with Gasteiger partial charge in [0.05, 0.1) is 5.60 Å². The predicted octanol–water partition coefficient (Wildman–Crippen LogP) is 6.06. The molecule has 4 nitrogen and oxygen atoms in total. The number of nitrogens with one attached hydrogen (secondary N) is 1. The number of nitrogens with zero attached hydrogens (tertiary/aromatic N) is 1. The highest BCUT2D eigenvalue weighted by molar-refractivity contribution is 6.29. The molecular weight excluding hydrogens is 432 g/mol. The molecule has 1 aliphatic heterocycles. The Bertz CT molecular complexity index is 755. The third-order valence-corrected chi connectivity index (χ3v) is 8.23. The van der Waals surface area contributed by atoms with Crippen molar-refractivity contribution >= 4 is 17.5 Å². The first-order valence-corrected chi connectivity index (χ1v) is 13.2. The van der Waals surface area contributed by atoms with Gasteiger partial charge in [0.25, 0.3) is 0 Å². The van der Waals surface area contributed by atoms with Gasteiger partial charge in [0.15, 0.2) is 0 Å². The van der Waals surface area contributed by atoms with E-state index in [0.29, 0.717) is 18.3 Å². The number of amides is 1. The average molecular weight is 479 g/mol. The molecule has 2 rings (SSSR count). The van der Waals surface area contributed by atoms with E-state index in [1.165, 1.54) is 0 Å². The second-order valence-electron chi connectivity index (χ2n) is 11.4. The van der Waals surface area contributed by atoms with Crippen molar-refractivity contribution in [2.45, 2.75) is 92.2 Å². The number of aliphatic hydroxyl groups is 1. The number of halogens is 1. The van der Waals surface area contributed by atoms with Crippen LogP contribution in [0.2, 0.25) is 0 Å². The Morgan fingerprint density at radius 2 is 1.97 bits per heavy atom. The molecule has 1 unspecified atom stereocenters. The van der Waals surface area contributed by atoms with Crippen LogP contribution in [-0.4, -0.2) is 47.2 Å². The molecular formula is C28H47ClN2O2. The van der Waals surface area contributed by atoms with Gasteiger partial charge < -0.3 is 10.4 Å². The summed E-state index contributed by atoms with van der Waals surface area (Å²) < 4.78 is 0. The first-order chi connectivity index (χ1) is 15.4. The minimum atomic E-state index is -0.846. The van der Waals surface area contributed by atoms with E-state index in [1.807, 2.05) is 26.0 Å². The quantitative estimate of drug-likeness (QED) is 0.312. The molecule has 188 valence electrons. The number of carbonyl (C=O) groups is 1. The number of carbonyl (C=O) groups excluding carboxylic acids is 1. The minimum Gasteiger partial charge on any atom is -0.385 e. The molecule has 2 N–H and O–H groups in total. The summed E-state index contributed by atoms with van der Waals surface area (Å²) in [5, 5.41) is 15.6. The number of hydrogen-bond acceptors (Lipinski definition) is 3. The molecule has 0 aromatic carbocycles. The summed E-state index contributed by atoms with van der Waals surface area (Å²) >= 11 is 6.16. The Labute approximate surface area is 207 Å². The highest BCUT2D eigenvalue weighted by atomic mass is 35.5. The van der Waals surface area contributed by atoms with Crippen molar-refractivity contribution in [2.75, 3.05) is 19.6 Å². The van der Waals surface area contributed by atoms with E-state index in [9.17, 15) is 9.90 Å². The maximum absolute atomic E-state index is 12.7. The van der Waals surface area contributed by atoms with Gasteiger partial charge in [-0.2, -0.15) is 0 Å². The molecule has 2 aliphatic rings. The van der Waals surface area contributed by atoms with Crippen LogP contribution in [-0.2, 0) is 4.79 Å². The number of likely N-dealkylation sites (tertiary alicyclic amines) is 1. The van der Waals surface area contributed by atoms with Gasteiger partial charge in [0, 0.05) is 42.0 Å². The van der Waals surface area contributed by atoms with Crippen LogP contribution >= 0.6 is 11.6 Å². The molecule has 1 amide bonds. The Hall–Kier alpha value is -1.10. The van der Waals surface area contributed by atoms with E-state index in [2.05, 4.69) is 57.0 Å². The van der Waals surface area contributed by atoms with Gasteiger partial charge in [-0.3, -0.25) is 9.69 Å². The van der Waals surface area contributed by atoms with Crippen LogP contribution in [0, 0.1) is 23.2 Å². The second-order valence-corrected chi connectivity index (χ2v) is 11.9. The van der Waals surface area contributed by atoms with Crippen LogP contribution in [0.1, 0.15) is 80.6 Å². The third kappa shape index (κ3) is 7.44. The normalized spacial score (nSPS) is 30.2. The van der Waals surface area contributed by atoms with Crippen molar-refractivity contribution in [3.05, 3.63) is 34.9 Å². The maximum Gasteiger partial charge on any atom is 0.223 e. The van der Waals surface area contributed by atoms with Crippen LogP contribution in [0.15, 0.2) is 34.9 Å². The zero-order valence-corrected chi connectivity index (χ0v) is 22.7. The molecule has 4 atom stereocenters. The summed E-state index contributed by atoms with van der Waals surface area (Å²) in [5.41, 5.74) is -0.156. The topological polar surface area (TPSA) is 52.6 Å². The van der Waals surface area contributed by atoms with Crippen molar-refractivity contribution in [3.63, 3.8) is 0 Å². The fraction of sp³-hybridized carbons (Fsp3) is 0.750. The van der Waals surface area contributed by atoms with E-state index in [0.717, 1.165) is 55.9 Å². The first-order valence-electron chi connectivity index (χ1n) is 12.8. The van der Waals surface area contributed by atoms with Crippen LogP contribution in [0.3, 0.4) is 0 Å². The fourth-order valence-electron chi connectivity index (χ4n) is 5.31. The highest BCUT2D eigenvalue weighted by Crippen LogP contribution is 2.43. The average Bonchev–Trinajstić information content (AvgIpc) is 3.19. The first kappa shape index (κ1) is 28.1. The molecule has 33 heavy (non-hydrogen) atoms. The summed E-state index contributed by atoms with van der Waals surface area (Å²) in [4.78, 5) is 15.1. The molecule has 0 radical (unpaired) electrons. The molecule has 1 saturated carbocycles. The van der Waals surface area contributed by atoms with Gasteiger partial charge in [0.1, 0.15) is 0 Å². The molecule has 1 aliphatic carbocycles. The zero-order chi connectivity index (χ0) is 24.8. The van der Waals surface area contributed by atoms with Crippen molar-refractivity contribution in [3.8, 4) is 0 Å². The molecule has 0 spiro atoms. The van der Waals surface area contributed by atoms with Crippen molar-refractivity contribution in [1.82, 2.24) is 10.2 Å². The monoisotopic (exact) mass is 478 g/mol. The predicted molar refractivity (Wildman–Crippen MR) is 140 cm³/mol. The number of hydrogen-bond donors (Lipinski definition) is 2. The minimum absolute atomic E-state index is 0.0587. The SMILES string of the molecule is CC/C(Cl)=C\C=C(/C)[C@]1(O)CCN(C/C=C/[C@H](NC(=O)[C@@H]2CCC(C)C2)C(C)C)CC1(C)C. The molecule has 5 heteroatoms. The van der Waals surface area contributed by atoms with Gasteiger partial charge >= 0.3 is 0 Å². The van der Waals surface area contributed by atoms with Gasteiger partial charge in [-0.25, -0.2) is 0 Å². The summed E-state index contributed by atoms with van der Waals surface area (Å²) in [6.45, 7) is 17.3. The Balaban J connectivity index is 1.96. The Kier molecular flexibility index (Phi) is 10.3. The highest BCUT2D eigenvalue weighted by Gasteiger charge is 2.48. The summed E-state index contributed by atoms with van der Waals surface area (Å²) in [5.74, 6) is 1.40. The van der Waals surface area contributed by atoms with Gasteiger partial charge in [-0.05, 0) is 62.5 Å². The molecule has 1 saturated heterocycles. The Morgan fingerprint density at radius 3 is 2.52 bits per heavy atom. The lowest BCUT2D eigenvalue weighted by atomic mass is 9.66. The number of piperidine rings is 1. The van der Waals surface area contributed by atoms with E-state index in [4.69, 9.17) is 11.6 Å². The van der Waals surface area contributed by atoms with Crippen molar-refractivity contribution < 1.29 is 9.90 Å². The summed E-state index contributed by atoms with van der Waals surface area (Å²) in [6.07, 6.45) is 12.9. The Morgan fingerprint density at radius 1 is 1.27 bits per heavy atom. The molecule has 1 heterocycles. The molecule has 0 bridgehead atoms. The van der Waals surface area contributed by atoms with Crippen LogP contribution in [0.5, 0.6) is 0 Å². The van der Waals surface area contributed by atoms with Crippen molar-refractivity contribution in [2.24, 2.45) is 23.2 Å². The van der Waals surface area contributed by atoms with Crippen LogP contribution < -0.4 is 5.32 Å². The largest absolute Gasteiger partial charge is 0.385 e.